The molecule has 0 aliphatic heterocycles. The number of rotatable bonds is 5. The molecule has 1 fully saturated rings. The average molecular weight is 289 g/mol. The van der Waals surface area contributed by atoms with Crippen LogP contribution >= 0.6 is 0 Å². The summed E-state index contributed by atoms with van der Waals surface area (Å²) < 4.78 is 5.73. The fourth-order valence-corrected chi connectivity index (χ4v) is 3.60. The molecule has 1 aliphatic rings. The number of ether oxygens (including phenoxy) is 1. The van der Waals surface area contributed by atoms with E-state index in [0.29, 0.717) is 11.5 Å². The van der Waals surface area contributed by atoms with Crippen molar-refractivity contribution in [2.45, 2.75) is 66.0 Å². The topological polar surface area (TPSA) is 21.3 Å². The molecule has 1 aromatic carbocycles. The number of nitrogens with one attached hydrogen (secondary N) is 1. The van der Waals surface area contributed by atoms with Gasteiger partial charge in [0.15, 0.2) is 0 Å². The summed E-state index contributed by atoms with van der Waals surface area (Å²) in [6.45, 7) is 10.8. The molecule has 1 N–H and O–H groups in total. The predicted molar refractivity (Wildman–Crippen MR) is 89.7 cm³/mol. The van der Waals surface area contributed by atoms with Crippen molar-refractivity contribution >= 4 is 0 Å². The van der Waals surface area contributed by atoms with E-state index in [0.717, 1.165) is 24.8 Å². The summed E-state index contributed by atoms with van der Waals surface area (Å²) in [5.41, 5.74) is 1.66. The van der Waals surface area contributed by atoms with Gasteiger partial charge >= 0.3 is 0 Å². The lowest BCUT2D eigenvalue weighted by atomic mass is 9.69. The van der Waals surface area contributed by atoms with Crippen molar-refractivity contribution in [1.29, 1.82) is 0 Å². The molecule has 0 aromatic heterocycles. The van der Waals surface area contributed by atoms with Crippen molar-refractivity contribution < 1.29 is 4.74 Å². The van der Waals surface area contributed by atoms with Crippen molar-refractivity contribution in [1.82, 2.24) is 5.32 Å². The van der Waals surface area contributed by atoms with Crippen LogP contribution in [0.4, 0.5) is 0 Å². The molecule has 0 spiro atoms. The molecule has 0 heterocycles. The zero-order valence-corrected chi connectivity index (χ0v) is 14.1. The lowest BCUT2D eigenvalue weighted by molar-refractivity contribution is 0.130. The zero-order chi connectivity index (χ0) is 15.3. The van der Waals surface area contributed by atoms with Crippen molar-refractivity contribution in [2.24, 2.45) is 11.3 Å². The first-order valence-electron chi connectivity index (χ1n) is 8.46. The van der Waals surface area contributed by atoms with Gasteiger partial charge in [0.05, 0.1) is 6.61 Å². The van der Waals surface area contributed by atoms with Gasteiger partial charge in [0.1, 0.15) is 5.75 Å². The number of benzene rings is 1. The van der Waals surface area contributed by atoms with E-state index in [2.05, 4.69) is 44.3 Å². The first-order valence-corrected chi connectivity index (χ1v) is 8.46. The molecule has 0 amide bonds. The monoisotopic (exact) mass is 289 g/mol. The lowest BCUT2D eigenvalue weighted by Crippen LogP contribution is -2.43. The second-order valence-electron chi connectivity index (χ2n) is 7.29. The summed E-state index contributed by atoms with van der Waals surface area (Å²) in [5, 5.41) is 3.81. The van der Waals surface area contributed by atoms with Crippen molar-refractivity contribution in [3.63, 3.8) is 0 Å². The Balaban J connectivity index is 2.01. The first-order chi connectivity index (χ1) is 10.0. The highest BCUT2D eigenvalue weighted by Gasteiger charge is 2.33. The molecule has 118 valence electrons. The Kier molecular flexibility index (Phi) is 5.69. The second-order valence-corrected chi connectivity index (χ2v) is 7.29. The molecule has 1 aromatic rings. The third kappa shape index (κ3) is 4.47. The normalized spacial score (nSPS) is 23.0. The van der Waals surface area contributed by atoms with Gasteiger partial charge in [0.25, 0.3) is 0 Å². The van der Waals surface area contributed by atoms with E-state index in [1.807, 2.05) is 13.0 Å². The minimum absolute atomic E-state index is 0.386. The largest absolute Gasteiger partial charge is 0.494 e. The first kappa shape index (κ1) is 16.4. The summed E-state index contributed by atoms with van der Waals surface area (Å²) in [6.07, 6.45) is 5.40. The van der Waals surface area contributed by atoms with Crippen molar-refractivity contribution in [3.05, 3.63) is 29.8 Å². The van der Waals surface area contributed by atoms with E-state index in [1.54, 1.807) is 0 Å². The molecule has 0 bridgehead atoms. The van der Waals surface area contributed by atoms with Crippen LogP contribution < -0.4 is 10.1 Å². The molecule has 2 unspecified atom stereocenters. The minimum atomic E-state index is 0.386. The van der Waals surface area contributed by atoms with Gasteiger partial charge < -0.3 is 10.1 Å². The maximum absolute atomic E-state index is 5.73. The molecule has 1 saturated carbocycles. The van der Waals surface area contributed by atoms with Gasteiger partial charge in [-0.15, -0.1) is 0 Å². The zero-order valence-electron chi connectivity index (χ0n) is 14.1. The van der Waals surface area contributed by atoms with Crippen LogP contribution in [0.1, 0.15) is 58.9 Å². The Morgan fingerprint density at radius 2 is 1.86 bits per heavy atom. The van der Waals surface area contributed by atoms with Gasteiger partial charge in [-0.3, -0.25) is 0 Å². The van der Waals surface area contributed by atoms with Crippen LogP contribution in [0.2, 0.25) is 0 Å². The van der Waals surface area contributed by atoms with E-state index in [-0.39, 0.29) is 0 Å². The van der Waals surface area contributed by atoms with E-state index in [9.17, 15) is 0 Å². The van der Waals surface area contributed by atoms with Crippen LogP contribution in [0.5, 0.6) is 5.75 Å². The van der Waals surface area contributed by atoms with Crippen molar-refractivity contribution in [2.75, 3.05) is 6.61 Å². The van der Waals surface area contributed by atoms with Crippen LogP contribution in [0, 0.1) is 11.3 Å². The Labute approximate surface area is 130 Å². The van der Waals surface area contributed by atoms with Crippen LogP contribution in [0.25, 0.3) is 0 Å². The maximum atomic E-state index is 5.73. The van der Waals surface area contributed by atoms with E-state index in [1.165, 1.54) is 31.2 Å². The summed E-state index contributed by atoms with van der Waals surface area (Å²) >= 11 is 0. The standard InChI is InChI=1S/C19H31NO/c1-5-21-18-13-9-6-10-15(18)14-20-17-12-8-7-11-16(17)19(2,3)4/h6,9-10,13,16-17,20H,5,7-8,11-12,14H2,1-4H3. The maximum Gasteiger partial charge on any atom is 0.123 e. The fourth-order valence-electron chi connectivity index (χ4n) is 3.60. The molecular weight excluding hydrogens is 258 g/mol. The highest BCUT2D eigenvalue weighted by atomic mass is 16.5. The van der Waals surface area contributed by atoms with Gasteiger partial charge in [0.2, 0.25) is 0 Å². The Hall–Kier alpha value is -1.02. The molecule has 21 heavy (non-hydrogen) atoms. The molecule has 0 radical (unpaired) electrons. The predicted octanol–water partition coefficient (Wildman–Crippen LogP) is 4.78. The van der Waals surface area contributed by atoms with Crippen LogP contribution in [0.15, 0.2) is 24.3 Å². The SMILES string of the molecule is CCOc1ccccc1CNC1CCCCC1C(C)(C)C. The summed E-state index contributed by atoms with van der Waals surface area (Å²) in [7, 11) is 0. The van der Waals surface area contributed by atoms with Gasteiger partial charge in [-0.25, -0.2) is 0 Å². The fraction of sp³-hybridized carbons (Fsp3) is 0.684. The molecule has 2 heteroatoms. The van der Waals surface area contributed by atoms with Crippen molar-refractivity contribution in [3.8, 4) is 5.75 Å². The lowest BCUT2D eigenvalue weighted by Gasteiger charge is -2.41. The number of para-hydroxylation sites is 1. The Bertz CT molecular complexity index is 435. The molecule has 2 atom stereocenters. The van der Waals surface area contributed by atoms with Crippen LogP contribution in [-0.2, 0) is 6.54 Å². The Morgan fingerprint density at radius 3 is 2.57 bits per heavy atom. The number of hydrogen-bond acceptors (Lipinski definition) is 2. The molecule has 2 nitrogen and oxygen atoms in total. The van der Waals surface area contributed by atoms with Crippen LogP contribution in [0.3, 0.4) is 0 Å². The van der Waals surface area contributed by atoms with Gasteiger partial charge in [-0.05, 0) is 37.2 Å². The van der Waals surface area contributed by atoms with E-state index >= 15 is 0 Å². The van der Waals surface area contributed by atoms with Gasteiger partial charge in [-0.1, -0.05) is 51.8 Å². The summed E-state index contributed by atoms with van der Waals surface area (Å²) in [5.74, 6) is 1.79. The van der Waals surface area contributed by atoms with E-state index < -0.39 is 0 Å². The second kappa shape index (κ2) is 7.31. The van der Waals surface area contributed by atoms with Gasteiger partial charge in [-0.2, -0.15) is 0 Å². The molecule has 0 saturated heterocycles. The van der Waals surface area contributed by atoms with Crippen LogP contribution in [-0.4, -0.2) is 12.6 Å². The molecule has 1 aliphatic carbocycles. The highest BCUT2D eigenvalue weighted by Crippen LogP contribution is 2.38. The third-order valence-corrected chi connectivity index (χ3v) is 4.71. The quantitative estimate of drug-likeness (QED) is 0.842. The van der Waals surface area contributed by atoms with E-state index in [4.69, 9.17) is 4.74 Å². The smallest absolute Gasteiger partial charge is 0.123 e. The summed E-state index contributed by atoms with van der Waals surface area (Å²) in [4.78, 5) is 0. The third-order valence-electron chi connectivity index (χ3n) is 4.71. The molecule has 2 rings (SSSR count). The number of hydrogen-bond donors (Lipinski definition) is 1. The average Bonchev–Trinajstić information content (AvgIpc) is 2.46. The molecular formula is C19H31NO. The minimum Gasteiger partial charge on any atom is -0.494 e. The summed E-state index contributed by atoms with van der Waals surface area (Å²) in [6, 6.07) is 9.03. The Morgan fingerprint density at radius 1 is 1.14 bits per heavy atom. The van der Waals surface area contributed by atoms with Gasteiger partial charge in [0, 0.05) is 18.2 Å². The highest BCUT2D eigenvalue weighted by molar-refractivity contribution is 5.33.